The van der Waals surface area contributed by atoms with Gasteiger partial charge in [0, 0.05) is 10.6 Å². The molecular weight excluding hydrogens is 260 g/mol. The lowest BCUT2D eigenvalue weighted by Gasteiger charge is -2.05. The van der Waals surface area contributed by atoms with Crippen LogP contribution in [0.4, 0.5) is 5.69 Å². The third kappa shape index (κ3) is 4.21. The first-order valence-electron chi connectivity index (χ1n) is 5.68. The second-order valence-corrected chi connectivity index (χ2v) is 4.85. The van der Waals surface area contributed by atoms with Crippen LogP contribution in [0.1, 0.15) is 10.4 Å². The second kappa shape index (κ2) is 6.69. The zero-order valence-corrected chi connectivity index (χ0v) is 10.9. The van der Waals surface area contributed by atoms with Crippen molar-refractivity contribution in [2.45, 2.75) is 6.61 Å². The average Bonchev–Trinajstić information content (AvgIpc) is 2.92. The molecule has 0 atom stereocenters. The summed E-state index contributed by atoms with van der Waals surface area (Å²) in [7, 11) is 0. The Kier molecular flexibility index (Phi) is 4.67. The maximum Gasteiger partial charge on any atom is 0.250 e. The van der Waals surface area contributed by atoms with Crippen LogP contribution in [0.5, 0.6) is 0 Å². The molecule has 0 aliphatic heterocycles. The zero-order valence-electron chi connectivity index (χ0n) is 10.1. The second-order valence-electron chi connectivity index (χ2n) is 3.81. The van der Waals surface area contributed by atoms with Crippen LogP contribution in [-0.2, 0) is 16.1 Å². The largest absolute Gasteiger partial charge is 0.366 e. The Balaban J connectivity index is 1.79. The third-order valence-electron chi connectivity index (χ3n) is 2.33. The van der Waals surface area contributed by atoms with Gasteiger partial charge >= 0.3 is 0 Å². The lowest BCUT2D eigenvalue weighted by Crippen LogP contribution is -2.18. The number of hydrogen-bond acceptors (Lipinski definition) is 4. The van der Waals surface area contributed by atoms with E-state index in [-0.39, 0.29) is 12.5 Å². The molecule has 2 rings (SSSR count). The van der Waals surface area contributed by atoms with E-state index in [0.717, 1.165) is 4.88 Å². The van der Waals surface area contributed by atoms with E-state index >= 15 is 0 Å². The van der Waals surface area contributed by atoms with Crippen molar-refractivity contribution in [1.29, 1.82) is 5.26 Å². The van der Waals surface area contributed by atoms with Crippen molar-refractivity contribution in [1.82, 2.24) is 0 Å². The van der Waals surface area contributed by atoms with Crippen LogP contribution < -0.4 is 5.32 Å². The average molecular weight is 272 g/mol. The minimum absolute atomic E-state index is 0.00528. The molecule has 19 heavy (non-hydrogen) atoms. The molecule has 5 heteroatoms. The first kappa shape index (κ1) is 13.3. The number of anilines is 1. The van der Waals surface area contributed by atoms with Crippen LogP contribution in [0.15, 0.2) is 41.8 Å². The Labute approximate surface area is 115 Å². The van der Waals surface area contributed by atoms with Crippen LogP contribution in [0, 0.1) is 11.3 Å². The lowest BCUT2D eigenvalue weighted by atomic mass is 10.2. The summed E-state index contributed by atoms with van der Waals surface area (Å²) >= 11 is 1.59. The number of hydrogen-bond donors (Lipinski definition) is 1. The van der Waals surface area contributed by atoms with Gasteiger partial charge in [0.25, 0.3) is 0 Å². The van der Waals surface area contributed by atoms with Crippen molar-refractivity contribution >= 4 is 22.9 Å². The molecule has 1 aromatic heterocycles. The van der Waals surface area contributed by atoms with E-state index in [1.54, 1.807) is 35.6 Å². The Hall–Kier alpha value is -2.16. The Morgan fingerprint density at radius 1 is 1.37 bits per heavy atom. The molecule has 0 aliphatic rings. The van der Waals surface area contributed by atoms with E-state index in [9.17, 15) is 4.79 Å². The lowest BCUT2D eigenvalue weighted by molar-refractivity contribution is -0.120. The van der Waals surface area contributed by atoms with E-state index in [0.29, 0.717) is 17.9 Å². The Bertz CT molecular complexity index is 588. The first-order chi connectivity index (χ1) is 9.28. The van der Waals surface area contributed by atoms with E-state index in [2.05, 4.69) is 5.32 Å². The molecule has 1 N–H and O–H groups in total. The summed E-state index contributed by atoms with van der Waals surface area (Å²) in [6, 6.07) is 12.7. The van der Waals surface area contributed by atoms with Gasteiger partial charge in [0.05, 0.1) is 18.2 Å². The van der Waals surface area contributed by atoms with Crippen molar-refractivity contribution in [3.63, 3.8) is 0 Å². The Morgan fingerprint density at radius 2 is 2.26 bits per heavy atom. The summed E-state index contributed by atoms with van der Waals surface area (Å²) in [6.45, 7) is 0.429. The molecule has 96 valence electrons. The first-order valence-corrected chi connectivity index (χ1v) is 6.56. The highest BCUT2D eigenvalue weighted by molar-refractivity contribution is 7.09. The molecule has 0 aliphatic carbocycles. The highest BCUT2D eigenvalue weighted by Gasteiger charge is 2.03. The van der Waals surface area contributed by atoms with Gasteiger partial charge in [0.1, 0.15) is 6.61 Å². The number of amides is 1. The maximum atomic E-state index is 11.6. The number of carbonyl (C=O) groups is 1. The van der Waals surface area contributed by atoms with Gasteiger partial charge in [0.15, 0.2) is 0 Å². The van der Waals surface area contributed by atoms with Gasteiger partial charge < -0.3 is 10.1 Å². The molecule has 1 heterocycles. The van der Waals surface area contributed by atoms with E-state index in [4.69, 9.17) is 10.00 Å². The van der Waals surface area contributed by atoms with Crippen LogP contribution in [0.3, 0.4) is 0 Å². The summed E-state index contributed by atoms with van der Waals surface area (Å²) in [5, 5.41) is 13.4. The third-order valence-corrected chi connectivity index (χ3v) is 3.18. The summed E-state index contributed by atoms with van der Waals surface area (Å²) < 4.78 is 5.30. The van der Waals surface area contributed by atoms with Gasteiger partial charge in [-0.05, 0) is 29.6 Å². The number of nitrogens with zero attached hydrogens (tertiary/aromatic N) is 1. The quantitative estimate of drug-likeness (QED) is 0.910. The highest BCUT2D eigenvalue weighted by atomic mass is 32.1. The van der Waals surface area contributed by atoms with E-state index < -0.39 is 0 Å². The molecule has 0 unspecified atom stereocenters. The number of rotatable bonds is 5. The maximum absolute atomic E-state index is 11.6. The minimum atomic E-state index is -0.230. The molecule has 0 fully saturated rings. The van der Waals surface area contributed by atoms with Crippen molar-refractivity contribution in [3.05, 3.63) is 52.2 Å². The number of ether oxygens (including phenoxy) is 1. The van der Waals surface area contributed by atoms with Crippen LogP contribution in [0.2, 0.25) is 0 Å². The fourth-order valence-electron chi connectivity index (χ4n) is 1.50. The SMILES string of the molecule is N#Cc1cccc(NC(=O)COCc2cccs2)c1. The van der Waals surface area contributed by atoms with Gasteiger partial charge in [-0.1, -0.05) is 12.1 Å². The van der Waals surface area contributed by atoms with Crippen molar-refractivity contribution in [2.24, 2.45) is 0 Å². The Morgan fingerprint density at radius 3 is 3.00 bits per heavy atom. The molecule has 0 spiro atoms. The molecular formula is C14H12N2O2S. The molecule has 2 aromatic rings. The van der Waals surface area contributed by atoms with E-state index in [1.165, 1.54) is 0 Å². The fraction of sp³-hybridized carbons (Fsp3) is 0.143. The van der Waals surface area contributed by atoms with Crippen LogP contribution >= 0.6 is 11.3 Å². The van der Waals surface area contributed by atoms with Crippen LogP contribution in [-0.4, -0.2) is 12.5 Å². The summed E-state index contributed by atoms with van der Waals surface area (Å²) in [6.07, 6.45) is 0. The molecule has 0 radical (unpaired) electrons. The molecule has 1 aromatic carbocycles. The van der Waals surface area contributed by atoms with Gasteiger partial charge in [-0.25, -0.2) is 0 Å². The van der Waals surface area contributed by atoms with Gasteiger partial charge in [-0.2, -0.15) is 5.26 Å². The monoisotopic (exact) mass is 272 g/mol. The van der Waals surface area contributed by atoms with Crippen molar-refractivity contribution in [2.75, 3.05) is 11.9 Å². The smallest absolute Gasteiger partial charge is 0.250 e. The minimum Gasteiger partial charge on any atom is -0.366 e. The molecule has 1 amide bonds. The predicted octanol–water partition coefficient (Wildman–Crippen LogP) is 2.78. The van der Waals surface area contributed by atoms with Crippen molar-refractivity contribution in [3.8, 4) is 6.07 Å². The molecule has 4 nitrogen and oxygen atoms in total. The standard InChI is InChI=1S/C14H12N2O2S/c15-8-11-3-1-4-12(7-11)16-14(17)10-18-9-13-5-2-6-19-13/h1-7H,9-10H2,(H,16,17). The predicted molar refractivity (Wildman–Crippen MR) is 73.8 cm³/mol. The van der Waals surface area contributed by atoms with Gasteiger partial charge in [-0.15, -0.1) is 11.3 Å². The molecule has 0 saturated heterocycles. The number of carbonyl (C=O) groups excluding carboxylic acids is 1. The molecule has 0 bridgehead atoms. The zero-order chi connectivity index (χ0) is 13.5. The number of nitriles is 1. The molecule has 0 saturated carbocycles. The van der Waals surface area contributed by atoms with Gasteiger partial charge in [0.2, 0.25) is 5.91 Å². The highest BCUT2D eigenvalue weighted by Crippen LogP contribution is 2.11. The van der Waals surface area contributed by atoms with Crippen LogP contribution in [0.25, 0.3) is 0 Å². The summed E-state index contributed by atoms with van der Waals surface area (Å²) in [4.78, 5) is 12.7. The number of nitrogens with one attached hydrogen (secondary N) is 1. The van der Waals surface area contributed by atoms with Gasteiger partial charge in [-0.3, -0.25) is 4.79 Å². The fourth-order valence-corrected chi connectivity index (χ4v) is 2.14. The summed E-state index contributed by atoms with van der Waals surface area (Å²) in [5.74, 6) is -0.230. The summed E-state index contributed by atoms with van der Waals surface area (Å²) in [5.41, 5.74) is 1.11. The number of thiophene rings is 1. The topological polar surface area (TPSA) is 62.1 Å². The normalized spacial score (nSPS) is 9.84. The van der Waals surface area contributed by atoms with Crippen molar-refractivity contribution < 1.29 is 9.53 Å². The number of benzene rings is 1. The van der Waals surface area contributed by atoms with E-state index in [1.807, 2.05) is 23.6 Å².